The standard InChI is InChI=1S/C21H26N2O/c1-3-23-15-20(19-7-5-6-8-21(19)23)17(14-22)13-16-9-11-18(12-10-16)24-4-2/h5-12,15,17H,3-4,13-14,22H2,1-2H3. The first-order valence-electron chi connectivity index (χ1n) is 8.76. The summed E-state index contributed by atoms with van der Waals surface area (Å²) in [5.74, 6) is 1.24. The average Bonchev–Trinajstić information content (AvgIpc) is 3.00. The van der Waals surface area contributed by atoms with Gasteiger partial charge in [-0.25, -0.2) is 0 Å². The van der Waals surface area contributed by atoms with Crippen molar-refractivity contribution in [3.05, 3.63) is 65.9 Å². The van der Waals surface area contributed by atoms with Crippen molar-refractivity contribution < 1.29 is 4.74 Å². The van der Waals surface area contributed by atoms with Gasteiger partial charge < -0.3 is 15.0 Å². The molecule has 3 heteroatoms. The molecule has 0 spiro atoms. The Bertz CT molecular complexity index is 789. The van der Waals surface area contributed by atoms with Gasteiger partial charge in [-0.3, -0.25) is 0 Å². The third kappa shape index (κ3) is 3.31. The van der Waals surface area contributed by atoms with E-state index in [1.165, 1.54) is 22.0 Å². The highest BCUT2D eigenvalue weighted by Crippen LogP contribution is 2.30. The zero-order valence-electron chi connectivity index (χ0n) is 14.5. The third-order valence-corrected chi connectivity index (χ3v) is 4.60. The quantitative estimate of drug-likeness (QED) is 0.702. The monoisotopic (exact) mass is 322 g/mol. The Kier molecular flexibility index (Phi) is 5.21. The Morgan fingerprint density at radius 3 is 2.46 bits per heavy atom. The molecule has 3 aromatic rings. The fourth-order valence-corrected chi connectivity index (χ4v) is 3.36. The summed E-state index contributed by atoms with van der Waals surface area (Å²) in [6.07, 6.45) is 3.22. The van der Waals surface area contributed by atoms with Gasteiger partial charge in [0.05, 0.1) is 6.61 Å². The van der Waals surface area contributed by atoms with Crippen molar-refractivity contribution in [1.29, 1.82) is 0 Å². The zero-order valence-corrected chi connectivity index (χ0v) is 14.5. The maximum absolute atomic E-state index is 6.14. The van der Waals surface area contributed by atoms with Crippen molar-refractivity contribution in [3.8, 4) is 5.75 Å². The summed E-state index contributed by atoms with van der Waals surface area (Å²) in [7, 11) is 0. The normalized spacial score (nSPS) is 12.5. The predicted octanol–water partition coefficient (Wildman–Crippen LogP) is 4.34. The second-order valence-corrected chi connectivity index (χ2v) is 6.10. The lowest BCUT2D eigenvalue weighted by atomic mass is 9.92. The maximum Gasteiger partial charge on any atom is 0.119 e. The highest BCUT2D eigenvalue weighted by molar-refractivity contribution is 5.84. The molecule has 3 nitrogen and oxygen atoms in total. The Hall–Kier alpha value is -2.26. The number of nitrogens with two attached hydrogens (primary N) is 1. The first-order valence-corrected chi connectivity index (χ1v) is 8.76. The molecule has 1 aromatic heterocycles. The summed E-state index contributed by atoms with van der Waals surface area (Å²) >= 11 is 0. The molecule has 0 amide bonds. The molecule has 24 heavy (non-hydrogen) atoms. The number of para-hydroxylation sites is 1. The van der Waals surface area contributed by atoms with Gasteiger partial charge in [0.25, 0.3) is 0 Å². The van der Waals surface area contributed by atoms with Gasteiger partial charge in [0, 0.05) is 29.6 Å². The van der Waals surface area contributed by atoms with Crippen LogP contribution in [0.2, 0.25) is 0 Å². The Balaban J connectivity index is 1.89. The van der Waals surface area contributed by atoms with E-state index in [9.17, 15) is 0 Å². The van der Waals surface area contributed by atoms with Gasteiger partial charge in [-0.05, 0) is 56.1 Å². The summed E-state index contributed by atoms with van der Waals surface area (Å²) < 4.78 is 7.84. The molecular weight excluding hydrogens is 296 g/mol. The summed E-state index contributed by atoms with van der Waals surface area (Å²) in [6.45, 7) is 6.50. The molecule has 1 unspecified atom stereocenters. The fraction of sp³-hybridized carbons (Fsp3) is 0.333. The number of hydrogen-bond donors (Lipinski definition) is 1. The Labute approximate surface area is 144 Å². The molecule has 126 valence electrons. The lowest BCUT2D eigenvalue weighted by molar-refractivity contribution is 0.340. The minimum absolute atomic E-state index is 0.320. The molecule has 0 saturated carbocycles. The van der Waals surface area contributed by atoms with E-state index in [1.807, 2.05) is 19.1 Å². The second kappa shape index (κ2) is 7.54. The second-order valence-electron chi connectivity index (χ2n) is 6.10. The molecule has 3 rings (SSSR count). The summed E-state index contributed by atoms with van der Waals surface area (Å²) in [5.41, 5.74) is 10.1. The van der Waals surface area contributed by atoms with Crippen LogP contribution < -0.4 is 10.5 Å². The lowest BCUT2D eigenvalue weighted by Gasteiger charge is -2.15. The van der Waals surface area contributed by atoms with Gasteiger partial charge in [-0.15, -0.1) is 0 Å². The van der Waals surface area contributed by atoms with Crippen molar-refractivity contribution >= 4 is 10.9 Å². The molecule has 0 aliphatic rings. The fourth-order valence-electron chi connectivity index (χ4n) is 3.36. The third-order valence-electron chi connectivity index (χ3n) is 4.60. The Morgan fingerprint density at radius 1 is 1.04 bits per heavy atom. The van der Waals surface area contributed by atoms with Crippen LogP contribution in [0.4, 0.5) is 0 Å². The molecular formula is C21H26N2O. The van der Waals surface area contributed by atoms with E-state index >= 15 is 0 Å². The predicted molar refractivity (Wildman–Crippen MR) is 101 cm³/mol. The number of rotatable bonds is 7. The smallest absolute Gasteiger partial charge is 0.119 e. The van der Waals surface area contributed by atoms with E-state index in [-0.39, 0.29) is 0 Å². The van der Waals surface area contributed by atoms with Crippen LogP contribution in [0.5, 0.6) is 5.75 Å². The van der Waals surface area contributed by atoms with E-state index in [1.54, 1.807) is 0 Å². The van der Waals surface area contributed by atoms with Crippen molar-refractivity contribution in [1.82, 2.24) is 4.57 Å². The van der Waals surface area contributed by atoms with Gasteiger partial charge >= 0.3 is 0 Å². The lowest BCUT2D eigenvalue weighted by Crippen LogP contribution is -2.15. The molecule has 0 bridgehead atoms. The van der Waals surface area contributed by atoms with Gasteiger partial charge in [0.15, 0.2) is 0 Å². The van der Waals surface area contributed by atoms with Crippen LogP contribution >= 0.6 is 0 Å². The largest absolute Gasteiger partial charge is 0.494 e. The summed E-state index contributed by atoms with van der Waals surface area (Å²) in [5, 5.41) is 1.32. The molecule has 0 aliphatic carbocycles. The number of ether oxygens (including phenoxy) is 1. The van der Waals surface area contributed by atoms with E-state index < -0.39 is 0 Å². The van der Waals surface area contributed by atoms with Crippen LogP contribution in [-0.2, 0) is 13.0 Å². The maximum atomic E-state index is 6.14. The highest BCUT2D eigenvalue weighted by atomic mass is 16.5. The van der Waals surface area contributed by atoms with Crippen LogP contribution in [0, 0.1) is 0 Å². The molecule has 0 aliphatic heterocycles. The van der Waals surface area contributed by atoms with E-state index in [2.05, 4.69) is 54.1 Å². The Morgan fingerprint density at radius 2 is 1.79 bits per heavy atom. The topological polar surface area (TPSA) is 40.2 Å². The first kappa shape index (κ1) is 16.6. The summed E-state index contributed by atoms with van der Waals surface area (Å²) in [4.78, 5) is 0. The minimum Gasteiger partial charge on any atom is -0.494 e. The van der Waals surface area contributed by atoms with E-state index in [0.29, 0.717) is 19.1 Å². The molecule has 0 radical (unpaired) electrons. The van der Waals surface area contributed by atoms with E-state index in [4.69, 9.17) is 10.5 Å². The van der Waals surface area contributed by atoms with Crippen LogP contribution in [-0.4, -0.2) is 17.7 Å². The van der Waals surface area contributed by atoms with Crippen molar-refractivity contribution in [2.45, 2.75) is 32.7 Å². The molecule has 2 N–H and O–H groups in total. The van der Waals surface area contributed by atoms with Crippen LogP contribution in [0.15, 0.2) is 54.7 Å². The minimum atomic E-state index is 0.320. The number of aryl methyl sites for hydroxylation is 1. The number of hydrogen-bond acceptors (Lipinski definition) is 2. The number of nitrogens with zero attached hydrogens (tertiary/aromatic N) is 1. The van der Waals surface area contributed by atoms with Gasteiger partial charge in [0.1, 0.15) is 5.75 Å². The average molecular weight is 322 g/mol. The summed E-state index contributed by atoms with van der Waals surface area (Å²) in [6, 6.07) is 17.0. The van der Waals surface area contributed by atoms with Crippen molar-refractivity contribution in [2.24, 2.45) is 5.73 Å². The molecule has 1 heterocycles. The highest BCUT2D eigenvalue weighted by Gasteiger charge is 2.17. The van der Waals surface area contributed by atoms with Crippen LogP contribution in [0.3, 0.4) is 0 Å². The van der Waals surface area contributed by atoms with Crippen molar-refractivity contribution in [2.75, 3.05) is 13.2 Å². The van der Waals surface area contributed by atoms with Crippen molar-refractivity contribution in [3.63, 3.8) is 0 Å². The molecule has 0 fully saturated rings. The van der Waals surface area contributed by atoms with Gasteiger partial charge in [-0.2, -0.15) is 0 Å². The number of fused-ring (bicyclic) bond motifs is 1. The SMILES string of the molecule is CCOc1ccc(CC(CN)c2cn(CC)c3ccccc23)cc1. The number of benzene rings is 2. The molecule has 0 saturated heterocycles. The number of aromatic nitrogens is 1. The van der Waals surface area contributed by atoms with Crippen LogP contribution in [0.1, 0.15) is 30.9 Å². The van der Waals surface area contributed by atoms with Crippen LogP contribution in [0.25, 0.3) is 10.9 Å². The van der Waals surface area contributed by atoms with Gasteiger partial charge in [-0.1, -0.05) is 30.3 Å². The van der Waals surface area contributed by atoms with E-state index in [0.717, 1.165) is 18.7 Å². The first-order chi connectivity index (χ1) is 11.8. The molecule has 1 atom stereocenters. The van der Waals surface area contributed by atoms with Gasteiger partial charge in [0.2, 0.25) is 0 Å². The molecule has 2 aromatic carbocycles. The zero-order chi connectivity index (χ0) is 16.9.